The minimum Gasteiger partial charge on any atom is -0.444 e. The van der Waals surface area contributed by atoms with E-state index >= 15 is 0 Å². The van der Waals surface area contributed by atoms with Gasteiger partial charge in [0.05, 0.1) is 12.2 Å². The number of ether oxygens (including phenoxy) is 2. The summed E-state index contributed by atoms with van der Waals surface area (Å²) in [5.74, 6) is 0. The zero-order chi connectivity index (χ0) is 16.2. The first kappa shape index (κ1) is 17.3. The van der Waals surface area contributed by atoms with Gasteiger partial charge in [0, 0.05) is 13.1 Å². The van der Waals surface area contributed by atoms with Gasteiger partial charge in [-0.1, -0.05) is 0 Å². The van der Waals surface area contributed by atoms with Crippen LogP contribution in [-0.2, 0) is 15.9 Å². The number of carbonyl (C=O) groups excluding carboxylic acids is 1. The molecule has 0 radical (unpaired) electrons. The molecule has 4 nitrogen and oxygen atoms in total. The lowest BCUT2D eigenvalue weighted by molar-refractivity contribution is -0.0713. The molecule has 5 heteroatoms. The molecule has 1 amide bonds. The van der Waals surface area contributed by atoms with Crippen molar-refractivity contribution in [2.24, 2.45) is 0 Å². The zero-order valence-corrected chi connectivity index (χ0v) is 14.9. The Balaban J connectivity index is 1.74. The number of piperidine rings is 1. The summed E-state index contributed by atoms with van der Waals surface area (Å²) in [6.07, 6.45) is 2.45. The standard InChI is InChI=1S/C17H27NO3S/c1-16(2,3)21-15(19)18-9-7-17(4,8-10-18)20-11-5-14-6-12-22-13-14/h6,12-13H,5,7-11H2,1-4H3. The van der Waals surface area contributed by atoms with Gasteiger partial charge >= 0.3 is 6.09 Å². The molecule has 1 aromatic heterocycles. The minimum absolute atomic E-state index is 0.130. The molecule has 22 heavy (non-hydrogen) atoms. The summed E-state index contributed by atoms with van der Waals surface area (Å²) in [5.41, 5.74) is 0.767. The Morgan fingerprint density at radius 1 is 1.36 bits per heavy atom. The first-order valence-corrected chi connectivity index (χ1v) is 8.85. The number of carbonyl (C=O) groups is 1. The third kappa shape index (κ3) is 5.29. The number of thiophene rings is 1. The van der Waals surface area contributed by atoms with Gasteiger partial charge in [0.2, 0.25) is 0 Å². The van der Waals surface area contributed by atoms with Crippen LogP contribution in [0.3, 0.4) is 0 Å². The van der Waals surface area contributed by atoms with Gasteiger partial charge < -0.3 is 14.4 Å². The van der Waals surface area contributed by atoms with Gasteiger partial charge in [0.15, 0.2) is 0 Å². The van der Waals surface area contributed by atoms with Crippen LogP contribution in [0.4, 0.5) is 4.79 Å². The molecule has 0 atom stereocenters. The van der Waals surface area contributed by atoms with Crippen LogP contribution in [0.1, 0.15) is 46.1 Å². The molecule has 0 aromatic carbocycles. The first-order valence-electron chi connectivity index (χ1n) is 7.90. The third-order valence-corrected chi connectivity index (χ3v) is 4.63. The van der Waals surface area contributed by atoms with Crippen molar-refractivity contribution in [2.75, 3.05) is 19.7 Å². The molecule has 0 bridgehead atoms. The van der Waals surface area contributed by atoms with Crippen molar-refractivity contribution in [1.82, 2.24) is 4.90 Å². The fourth-order valence-corrected chi connectivity index (χ4v) is 3.19. The van der Waals surface area contributed by atoms with E-state index < -0.39 is 5.60 Å². The molecule has 1 aliphatic rings. The van der Waals surface area contributed by atoms with Crippen molar-refractivity contribution in [2.45, 2.75) is 58.2 Å². The van der Waals surface area contributed by atoms with Crippen LogP contribution < -0.4 is 0 Å². The van der Waals surface area contributed by atoms with Crippen molar-refractivity contribution in [3.8, 4) is 0 Å². The third-order valence-electron chi connectivity index (χ3n) is 3.89. The normalized spacial score (nSPS) is 18.3. The number of nitrogens with zero attached hydrogens (tertiary/aromatic N) is 1. The quantitative estimate of drug-likeness (QED) is 0.836. The molecular weight excluding hydrogens is 298 g/mol. The fraction of sp³-hybridized carbons (Fsp3) is 0.706. The number of hydrogen-bond donors (Lipinski definition) is 0. The lowest BCUT2D eigenvalue weighted by Gasteiger charge is -2.39. The maximum Gasteiger partial charge on any atom is 0.410 e. The van der Waals surface area contributed by atoms with E-state index in [0.717, 1.165) is 25.9 Å². The highest BCUT2D eigenvalue weighted by Crippen LogP contribution is 2.27. The molecular formula is C17H27NO3S. The second-order valence-electron chi connectivity index (χ2n) is 7.15. The number of amides is 1. The average molecular weight is 325 g/mol. The Bertz CT molecular complexity index is 471. The van der Waals surface area contributed by atoms with E-state index in [0.29, 0.717) is 13.1 Å². The summed E-state index contributed by atoms with van der Waals surface area (Å²) >= 11 is 1.72. The average Bonchev–Trinajstić information content (AvgIpc) is 2.90. The van der Waals surface area contributed by atoms with E-state index in [1.807, 2.05) is 20.8 Å². The maximum absolute atomic E-state index is 12.1. The summed E-state index contributed by atoms with van der Waals surface area (Å²) in [6, 6.07) is 2.14. The highest BCUT2D eigenvalue weighted by molar-refractivity contribution is 7.07. The highest BCUT2D eigenvalue weighted by Gasteiger charge is 2.34. The van der Waals surface area contributed by atoms with Gasteiger partial charge in [-0.05, 0) is 69.3 Å². The molecule has 1 saturated heterocycles. The van der Waals surface area contributed by atoms with Gasteiger partial charge in [-0.3, -0.25) is 0 Å². The summed E-state index contributed by atoms with van der Waals surface area (Å²) in [4.78, 5) is 13.8. The Morgan fingerprint density at radius 2 is 2.05 bits per heavy atom. The molecule has 124 valence electrons. The Hall–Kier alpha value is -1.07. The predicted molar refractivity (Wildman–Crippen MR) is 89.4 cm³/mol. The second kappa shape index (κ2) is 7.01. The van der Waals surface area contributed by atoms with E-state index in [2.05, 4.69) is 23.8 Å². The highest BCUT2D eigenvalue weighted by atomic mass is 32.1. The van der Waals surface area contributed by atoms with Gasteiger partial charge in [-0.15, -0.1) is 0 Å². The van der Waals surface area contributed by atoms with E-state index in [4.69, 9.17) is 9.47 Å². The zero-order valence-electron chi connectivity index (χ0n) is 14.1. The number of rotatable bonds is 4. The van der Waals surface area contributed by atoms with Crippen LogP contribution >= 0.6 is 11.3 Å². The van der Waals surface area contributed by atoms with Crippen molar-refractivity contribution >= 4 is 17.4 Å². The lowest BCUT2D eigenvalue weighted by atomic mass is 9.93. The number of hydrogen-bond acceptors (Lipinski definition) is 4. The van der Waals surface area contributed by atoms with Crippen molar-refractivity contribution in [3.63, 3.8) is 0 Å². The van der Waals surface area contributed by atoms with Crippen molar-refractivity contribution in [1.29, 1.82) is 0 Å². The molecule has 2 rings (SSSR count). The van der Waals surface area contributed by atoms with Crippen LogP contribution in [0.25, 0.3) is 0 Å². The molecule has 1 fully saturated rings. The maximum atomic E-state index is 12.1. The van der Waals surface area contributed by atoms with Crippen LogP contribution in [0.2, 0.25) is 0 Å². The predicted octanol–water partition coefficient (Wildman–Crippen LogP) is 4.10. The van der Waals surface area contributed by atoms with Crippen molar-refractivity contribution in [3.05, 3.63) is 22.4 Å². The van der Waals surface area contributed by atoms with Crippen LogP contribution in [0.5, 0.6) is 0 Å². The SMILES string of the molecule is CC(C)(C)OC(=O)N1CCC(C)(OCCc2ccsc2)CC1. The summed E-state index contributed by atoms with van der Waals surface area (Å²) < 4.78 is 11.5. The molecule has 0 N–H and O–H groups in total. The van der Waals surface area contributed by atoms with Crippen LogP contribution in [0.15, 0.2) is 16.8 Å². The Kier molecular flexibility index (Phi) is 5.50. The van der Waals surface area contributed by atoms with E-state index in [-0.39, 0.29) is 11.7 Å². The molecule has 0 saturated carbocycles. The monoisotopic (exact) mass is 325 g/mol. The summed E-state index contributed by atoms with van der Waals surface area (Å²) in [6.45, 7) is 9.96. The minimum atomic E-state index is -0.436. The second-order valence-corrected chi connectivity index (χ2v) is 7.93. The van der Waals surface area contributed by atoms with Gasteiger partial charge in [0.1, 0.15) is 5.60 Å². The van der Waals surface area contributed by atoms with E-state index in [9.17, 15) is 4.79 Å². The molecule has 1 aromatic rings. The Morgan fingerprint density at radius 3 is 2.59 bits per heavy atom. The molecule has 0 spiro atoms. The summed E-state index contributed by atoms with van der Waals surface area (Å²) in [7, 11) is 0. The van der Waals surface area contributed by atoms with E-state index in [1.54, 1.807) is 16.2 Å². The molecule has 1 aliphatic heterocycles. The molecule has 0 unspecified atom stereocenters. The first-order chi connectivity index (χ1) is 10.3. The van der Waals surface area contributed by atoms with Gasteiger partial charge in [-0.25, -0.2) is 4.79 Å². The number of likely N-dealkylation sites (tertiary alicyclic amines) is 1. The smallest absolute Gasteiger partial charge is 0.410 e. The van der Waals surface area contributed by atoms with Gasteiger partial charge in [-0.2, -0.15) is 11.3 Å². The fourth-order valence-electron chi connectivity index (χ4n) is 2.48. The largest absolute Gasteiger partial charge is 0.444 e. The lowest BCUT2D eigenvalue weighted by Crippen LogP contribution is -2.48. The van der Waals surface area contributed by atoms with Gasteiger partial charge in [0.25, 0.3) is 0 Å². The Labute approximate surface area is 137 Å². The molecule has 2 heterocycles. The van der Waals surface area contributed by atoms with Crippen LogP contribution in [-0.4, -0.2) is 41.9 Å². The topological polar surface area (TPSA) is 38.8 Å². The summed E-state index contributed by atoms with van der Waals surface area (Å²) in [5, 5.41) is 4.26. The van der Waals surface area contributed by atoms with Crippen molar-refractivity contribution < 1.29 is 14.3 Å². The van der Waals surface area contributed by atoms with Crippen LogP contribution in [0, 0.1) is 0 Å². The van der Waals surface area contributed by atoms with E-state index in [1.165, 1.54) is 5.56 Å². The molecule has 0 aliphatic carbocycles.